The van der Waals surface area contributed by atoms with Crippen LogP contribution in [0.2, 0.25) is 0 Å². The number of urea groups is 1. The summed E-state index contributed by atoms with van der Waals surface area (Å²) < 4.78 is 1.05. The molecule has 0 atom stereocenters. The largest absolute Gasteiger partial charge is 0.334 e. The van der Waals surface area contributed by atoms with E-state index in [-0.39, 0.29) is 6.03 Å². The molecule has 1 heterocycles. The topological polar surface area (TPSA) is 61.6 Å². The fourth-order valence-electron chi connectivity index (χ4n) is 2.25. The highest BCUT2D eigenvalue weighted by molar-refractivity contribution is 9.10. The van der Waals surface area contributed by atoms with E-state index in [4.69, 9.17) is 5.73 Å². The number of hydrogen-bond acceptors (Lipinski definition) is 3. The van der Waals surface area contributed by atoms with Crippen molar-refractivity contribution in [2.45, 2.75) is 6.54 Å². The van der Waals surface area contributed by atoms with Crippen LogP contribution in [0.1, 0.15) is 5.56 Å². The third-order valence-corrected chi connectivity index (χ3v) is 3.99. The molecule has 0 unspecified atom stereocenters. The molecule has 1 aliphatic heterocycles. The molecule has 5 nitrogen and oxygen atoms in total. The van der Waals surface area contributed by atoms with Crippen molar-refractivity contribution < 1.29 is 4.79 Å². The quantitative estimate of drug-likeness (QED) is 0.866. The van der Waals surface area contributed by atoms with Crippen LogP contribution in [0.4, 0.5) is 4.79 Å². The van der Waals surface area contributed by atoms with Gasteiger partial charge in [0.05, 0.1) is 0 Å². The second kappa shape index (κ2) is 7.61. The Morgan fingerprint density at radius 1 is 1.20 bits per heavy atom. The van der Waals surface area contributed by atoms with Gasteiger partial charge in [-0.15, -0.1) is 0 Å². The summed E-state index contributed by atoms with van der Waals surface area (Å²) in [5.41, 5.74) is 6.64. The average molecular weight is 341 g/mol. The minimum absolute atomic E-state index is 0.0142. The number of carbonyl (C=O) groups is 1. The van der Waals surface area contributed by atoms with Gasteiger partial charge in [0.15, 0.2) is 0 Å². The number of rotatable bonds is 4. The maximum absolute atomic E-state index is 12.1. The monoisotopic (exact) mass is 340 g/mol. The second-order valence-corrected chi connectivity index (χ2v) is 5.82. The summed E-state index contributed by atoms with van der Waals surface area (Å²) in [6.07, 6.45) is 0. The minimum atomic E-state index is 0.0142. The van der Waals surface area contributed by atoms with Crippen molar-refractivity contribution in [3.63, 3.8) is 0 Å². The lowest BCUT2D eigenvalue weighted by molar-refractivity contribution is 0.141. The van der Waals surface area contributed by atoms with Gasteiger partial charge in [0, 0.05) is 50.3 Å². The van der Waals surface area contributed by atoms with Crippen LogP contribution < -0.4 is 11.1 Å². The molecule has 0 radical (unpaired) electrons. The third kappa shape index (κ3) is 4.47. The van der Waals surface area contributed by atoms with Gasteiger partial charge in [-0.2, -0.15) is 0 Å². The predicted octanol–water partition coefficient (Wildman–Crippen LogP) is 1.24. The van der Waals surface area contributed by atoms with E-state index in [0.717, 1.165) is 42.8 Å². The molecule has 0 saturated carbocycles. The molecule has 110 valence electrons. The molecule has 0 spiro atoms. The zero-order chi connectivity index (χ0) is 14.4. The Morgan fingerprint density at radius 2 is 1.85 bits per heavy atom. The normalized spacial score (nSPS) is 16.2. The number of nitrogens with one attached hydrogen (secondary N) is 1. The zero-order valence-electron chi connectivity index (χ0n) is 11.5. The van der Waals surface area contributed by atoms with Crippen LogP contribution >= 0.6 is 15.9 Å². The smallest absolute Gasteiger partial charge is 0.317 e. The Hall–Kier alpha value is -1.11. The zero-order valence-corrected chi connectivity index (χ0v) is 13.1. The lowest BCUT2D eigenvalue weighted by atomic mass is 10.2. The molecule has 2 amide bonds. The fourth-order valence-corrected chi connectivity index (χ4v) is 2.51. The minimum Gasteiger partial charge on any atom is -0.334 e. The summed E-state index contributed by atoms with van der Waals surface area (Å²) in [6.45, 7) is 5.50. The van der Waals surface area contributed by atoms with Gasteiger partial charge in [-0.25, -0.2) is 4.79 Å². The molecule has 0 aliphatic carbocycles. The molecule has 6 heteroatoms. The molecule has 2 rings (SSSR count). The maximum Gasteiger partial charge on any atom is 0.317 e. The highest BCUT2D eigenvalue weighted by Gasteiger charge is 2.20. The van der Waals surface area contributed by atoms with Crippen molar-refractivity contribution >= 4 is 22.0 Å². The molecule has 0 bridgehead atoms. The van der Waals surface area contributed by atoms with Crippen LogP contribution in [0.15, 0.2) is 28.7 Å². The Labute approximate surface area is 128 Å². The van der Waals surface area contributed by atoms with Crippen LogP contribution in [0, 0.1) is 0 Å². The van der Waals surface area contributed by atoms with Crippen molar-refractivity contribution in [1.82, 2.24) is 15.1 Å². The van der Waals surface area contributed by atoms with E-state index >= 15 is 0 Å². The van der Waals surface area contributed by atoms with E-state index in [9.17, 15) is 4.79 Å². The van der Waals surface area contributed by atoms with E-state index in [1.165, 1.54) is 0 Å². The van der Waals surface area contributed by atoms with Gasteiger partial charge in [0.1, 0.15) is 0 Å². The van der Waals surface area contributed by atoms with Crippen molar-refractivity contribution in [2.75, 3.05) is 39.3 Å². The van der Waals surface area contributed by atoms with E-state index in [0.29, 0.717) is 13.1 Å². The van der Waals surface area contributed by atoms with Gasteiger partial charge in [0.2, 0.25) is 0 Å². The van der Waals surface area contributed by atoms with Crippen LogP contribution in [-0.4, -0.2) is 55.1 Å². The first-order valence-corrected chi connectivity index (χ1v) is 7.68. The lowest BCUT2D eigenvalue weighted by Crippen LogP contribution is -2.52. The van der Waals surface area contributed by atoms with Crippen molar-refractivity contribution in [3.8, 4) is 0 Å². The maximum atomic E-state index is 12.1. The lowest BCUT2D eigenvalue weighted by Gasteiger charge is -2.34. The summed E-state index contributed by atoms with van der Waals surface area (Å²) >= 11 is 3.40. The standard InChI is InChI=1S/C14H21BrN4O/c15-13-3-1-12(2-4-13)11-17-14(20)19-9-7-18(6-5-16)8-10-19/h1-4H,5-11,16H2,(H,17,20). The highest BCUT2D eigenvalue weighted by Crippen LogP contribution is 2.10. The van der Waals surface area contributed by atoms with Crippen LogP contribution in [0.5, 0.6) is 0 Å². The number of hydrogen-bond donors (Lipinski definition) is 2. The summed E-state index contributed by atoms with van der Waals surface area (Å²) in [7, 11) is 0. The van der Waals surface area contributed by atoms with E-state index in [1.54, 1.807) is 0 Å². The molecule has 1 aliphatic rings. The number of nitrogens with two attached hydrogens (primary N) is 1. The molecule has 1 fully saturated rings. The Bertz CT molecular complexity index is 429. The van der Waals surface area contributed by atoms with Gasteiger partial charge in [-0.3, -0.25) is 4.90 Å². The van der Waals surface area contributed by atoms with Crippen LogP contribution in [-0.2, 0) is 6.54 Å². The molecule has 20 heavy (non-hydrogen) atoms. The number of benzene rings is 1. The number of amides is 2. The van der Waals surface area contributed by atoms with E-state index in [2.05, 4.69) is 26.1 Å². The summed E-state index contributed by atoms with van der Waals surface area (Å²) in [4.78, 5) is 16.2. The first-order valence-electron chi connectivity index (χ1n) is 6.88. The van der Waals surface area contributed by atoms with Gasteiger partial charge in [-0.1, -0.05) is 28.1 Å². The van der Waals surface area contributed by atoms with Crippen LogP contribution in [0.25, 0.3) is 0 Å². The molecular formula is C14H21BrN4O. The van der Waals surface area contributed by atoms with Gasteiger partial charge in [-0.05, 0) is 17.7 Å². The molecular weight excluding hydrogens is 320 g/mol. The summed E-state index contributed by atoms with van der Waals surface area (Å²) in [6, 6.07) is 7.98. The molecule has 1 saturated heterocycles. The Morgan fingerprint density at radius 3 is 2.45 bits per heavy atom. The van der Waals surface area contributed by atoms with Crippen molar-refractivity contribution in [1.29, 1.82) is 0 Å². The first kappa shape index (κ1) is 15.3. The van der Waals surface area contributed by atoms with E-state index < -0.39 is 0 Å². The molecule has 1 aromatic carbocycles. The van der Waals surface area contributed by atoms with Crippen molar-refractivity contribution in [3.05, 3.63) is 34.3 Å². The SMILES string of the molecule is NCCN1CCN(C(=O)NCc2ccc(Br)cc2)CC1. The van der Waals surface area contributed by atoms with Crippen molar-refractivity contribution in [2.24, 2.45) is 5.73 Å². The van der Waals surface area contributed by atoms with Gasteiger partial charge >= 0.3 is 6.03 Å². The number of halogens is 1. The van der Waals surface area contributed by atoms with Crippen LogP contribution in [0.3, 0.4) is 0 Å². The molecule has 3 N–H and O–H groups in total. The van der Waals surface area contributed by atoms with Gasteiger partial charge in [0.25, 0.3) is 0 Å². The average Bonchev–Trinajstić information content (AvgIpc) is 2.47. The highest BCUT2D eigenvalue weighted by atomic mass is 79.9. The number of piperazine rings is 1. The fraction of sp³-hybridized carbons (Fsp3) is 0.500. The second-order valence-electron chi connectivity index (χ2n) is 4.90. The predicted molar refractivity (Wildman–Crippen MR) is 83.4 cm³/mol. The molecule has 1 aromatic rings. The first-order chi connectivity index (χ1) is 9.69. The number of carbonyl (C=O) groups excluding carboxylic acids is 1. The Kier molecular flexibility index (Phi) is 5.82. The summed E-state index contributed by atoms with van der Waals surface area (Å²) in [5.74, 6) is 0. The third-order valence-electron chi connectivity index (χ3n) is 3.46. The molecule has 0 aromatic heterocycles. The van der Waals surface area contributed by atoms with E-state index in [1.807, 2.05) is 29.2 Å². The summed E-state index contributed by atoms with van der Waals surface area (Å²) in [5, 5.41) is 2.96. The van der Waals surface area contributed by atoms with Gasteiger partial charge < -0.3 is 16.0 Å². The Balaban J connectivity index is 1.74. The number of nitrogens with zero attached hydrogens (tertiary/aromatic N) is 2.